The topological polar surface area (TPSA) is 50.7 Å². The fourth-order valence-corrected chi connectivity index (χ4v) is 2.37. The van der Waals surface area contributed by atoms with Crippen LogP contribution in [0.1, 0.15) is 27.0 Å². The summed E-state index contributed by atoms with van der Waals surface area (Å²) in [5, 5.41) is 3.86. The van der Waals surface area contributed by atoms with Crippen LogP contribution in [0.2, 0.25) is 0 Å². The molecule has 3 aromatic rings. The Labute approximate surface area is 157 Å². The van der Waals surface area contributed by atoms with Crippen LogP contribution in [0.4, 0.5) is 4.39 Å². The second-order valence-corrected chi connectivity index (χ2v) is 6.02. The van der Waals surface area contributed by atoms with Crippen LogP contribution in [0, 0.1) is 12.7 Å². The van der Waals surface area contributed by atoms with Gasteiger partial charge >= 0.3 is 0 Å². The molecule has 0 saturated carbocycles. The van der Waals surface area contributed by atoms with Gasteiger partial charge in [0.15, 0.2) is 0 Å². The lowest BCUT2D eigenvalue weighted by molar-refractivity contribution is 0.0951. The number of hydrogen-bond acceptors (Lipinski definition) is 3. The van der Waals surface area contributed by atoms with Crippen molar-refractivity contribution in [1.82, 2.24) is 5.43 Å². The molecular weight excluding hydrogens is 343 g/mol. The number of hydrogen-bond donors (Lipinski definition) is 1. The van der Waals surface area contributed by atoms with Crippen molar-refractivity contribution in [1.29, 1.82) is 0 Å². The molecule has 0 saturated heterocycles. The summed E-state index contributed by atoms with van der Waals surface area (Å²) in [4.78, 5) is 11.9. The lowest BCUT2D eigenvalue weighted by Gasteiger charge is -2.07. The lowest BCUT2D eigenvalue weighted by Crippen LogP contribution is -2.18. The van der Waals surface area contributed by atoms with Crippen molar-refractivity contribution in [2.24, 2.45) is 5.10 Å². The quantitative estimate of drug-likeness (QED) is 0.519. The number of carbonyl (C=O) groups is 1. The Bertz CT molecular complexity index is 935. The monoisotopic (exact) mass is 362 g/mol. The molecule has 0 bridgehead atoms. The number of hydrazone groups is 1. The summed E-state index contributed by atoms with van der Waals surface area (Å²) < 4.78 is 19.3. The van der Waals surface area contributed by atoms with Gasteiger partial charge in [0.25, 0.3) is 5.91 Å². The molecule has 0 heterocycles. The van der Waals surface area contributed by atoms with Gasteiger partial charge in [0.1, 0.15) is 18.2 Å². The second kappa shape index (κ2) is 8.76. The summed E-state index contributed by atoms with van der Waals surface area (Å²) in [6.45, 7) is 2.54. The highest BCUT2D eigenvalue weighted by Gasteiger charge is 2.09. The van der Waals surface area contributed by atoms with Crippen molar-refractivity contribution in [3.8, 4) is 5.75 Å². The van der Waals surface area contributed by atoms with Gasteiger partial charge in [0.2, 0.25) is 0 Å². The Morgan fingerprint density at radius 1 is 1.04 bits per heavy atom. The van der Waals surface area contributed by atoms with Gasteiger partial charge in [-0.2, -0.15) is 5.10 Å². The first kappa shape index (κ1) is 18.3. The van der Waals surface area contributed by atoms with Crippen molar-refractivity contribution in [3.05, 3.63) is 101 Å². The Morgan fingerprint density at radius 2 is 1.74 bits per heavy atom. The summed E-state index contributed by atoms with van der Waals surface area (Å²) in [5.41, 5.74) is 5.36. The zero-order valence-corrected chi connectivity index (χ0v) is 14.9. The van der Waals surface area contributed by atoms with Gasteiger partial charge in [-0.25, -0.2) is 9.82 Å². The van der Waals surface area contributed by atoms with E-state index in [9.17, 15) is 9.18 Å². The van der Waals surface area contributed by atoms with E-state index in [1.165, 1.54) is 30.0 Å². The van der Waals surface area contributed by atoms with Gasteiger partial charge in [-0.05, 0) is 54.4 Å². The summed E-state index contributed by atoms with van der Waals surface area (Å²) in [6.07, 6.45) is 1.49. The average Bonchev–Trinajstić information content (AvgIpc) is 2.69. The molecule has 136 valence electrons. The zero-order chi connectivity index (χ0) is 19.1. The molecule has 0 aliphatic rings. The van der Waals surface area contributed by atoms with Gasteiger partial charge in [-0.1, -0.05) is 42.0 Å². The normalized spacial score (nSPS) is 10.7. The summed E-state index contributed by atoms with van der Waals surface area (Å²) >= 11 is 0. The molecule has 0 aromatic heterocycles. The number of carbonyl (C=O) groups excluding carboxylic acids is 1. The first-order valence-electron chi connectivity index (χ1n) is 8.48. The third-order valence-corrected chi connectivity index (χ3v) is 3.90. The minimum Gasteiger partial charge on any atom is -0.489 e. The molecule has 4 nitrogen and oxygen atoms in total. The molecule has 0 atom stereocenters. The van der Waals surface area contributed by atoms with E-state index in [4.69, 9.17) is 4.74 Å². The zero-order valence-electron chi connectivity index (χ0n) is 14.9. The Kier molecular flexibility index (Phi) is 5.94. The molecule has 0 aliphatic carbocycles. The summed E-state index contributed by atoms with van der Waals surface area (Å²) in [5.74, 6) is -0.439. The predicted octanol–water partition coefficient (Wildman–Crippen LogP) is 4.48. The molecule has 27 heavy (non-hydrogen) atoms. The fourth-order valence-electron chi connectivity index (χ4n) is 2.37. The van der Waals surface area contributed by atoms with E-state index in [-0.39, 0.29) is 5.56 Å². The molecule has 0 unspecified atom stereocenters. The number of ether oxygens (including phenoxy) is 1. The number of halogens is 1. The van der Waals surface area contributed by atoms with Crippen LogP contribution in [-0.2, 0) is 6.61 Å². The molecule has 0 aliphatic heterocycles. The summed E-state index contributed by atoms with van der Waals surface area (Å²) in [7, 11) is 0. The van der Waals surface area contributed by atoms with Gasteiger partial charge in [-0.3, -0.25) is 4.79 Å². The van der Waals surface area contributed by atoms with Crippen LogP contribution in [0.25, 0.3) is 0 Å². The van der Waals surface area contributed by atoms with Crippen LogP contribution in [0.5, 0.6) is 5.75 Å². The number of rotatable bonds is 6. The molecule has 0 fully saturated rings. The van der Waals surface area contributed by atoms with Crippen molar-refractivity contribution < 1.29 is 13.9 Å². The molecule has 1 amide bonds. The molecule has 5 heteroatoms. The first-order chi connectivity index (χ1) is 13.1. The van der Waals surface area contributed by atoms with E-state index in [2.05, 4.69) is 10.5 Å². The van der Waals surface area contributed by atoms with E-state index in [0.29, 0.717) is 6.61 Å². The fraction of sp³-hybridized carbons (Fsp3) is 0.0909. The summed E-state index contributed by atoms with van der Waals surface area (Å²) in [6, 6.07) is 21.2. The number of amides is 1. The predicted molar refractivity (Wildman–Crippen MR) is 103 cm³/mol. The third-order valence-electron chi connectivity index (χ3n) is 3.90. The van der Waals surface area contributed by atoms with Crippen LogP contribution in [0.15, 0.2) is 77.9 Å². The Morgan fingerprint density at radius 3 is 2.44 bits per heavy atom. The molecule has 3 rings (SSSR count). The standard InChI is InChI=1S/C22H19FN2O2/c1-16-6-8-18(9-7-16)15-27-19-12-10-17(11-13-19)14-24-25-22(26)20-4-2-3-5-21(20)23/h2-14H,15H2,1H3,(H,25,26)/b24-14-. The van der Waals surface area contributed by atoms with Crippen molar-refractivity contribution in [3.63, 3.8) is 0 Å². The van der Waals surface area contributed by atoms with Gasteiger partial charge < -0.3 is 4.74 Å². The van der Waals surface area contributed by atoms with Crippen LogP contribution < -0.4 is 10.2 Å². The molecule has 3 aromatic carbocycles. The number of aryl methyl sites for hydroxylation is 1. The number of nitrogens with zero attached hydrogens (tertiary/aromatic N) is 1. The van der Waals surface area contributed by atoms with E-state index < -0.39 is 11.7 Å². The highest BCUT2D eigenvalue weighted by molar-refractivity contribution is 5.95. The van der Waals surface area contributed by atoms with E-state index in [1.54, 1.807) is 6.07 Å². The van der Waals surface area contributed by atoms with Crippen LogP contribution in [-0.4, -0.2) is 12.1 Å². The smallest absolute Gasteiger partial charge is 0.274 e. The average molecular weight is 362 g/mol. The number of nitrogens with one attached hydrogen (secondary N) is 1. The highest BCUT2D eigenvalue weighted by Crippen LogP contribution is 2.14. The maximum atomic E-state index is 13.5. The van der Waals surface area contributed by atoms with E-state index in [1.807, 2.05) is 55.5 Å². The minimum absolute atomic E-state index is 0.0468. The van der Waals surface area contributed by atoms with Crippen LogP contribution >= 0.6 is 0 Å². The minimum atomic E-state index is -0.595. The lowest BCUT2D eigenvalue weighted by atomic mass is 10.2. The van der Waals surface area contributed by atoms with Crippen molar-refractivity contribution in [2.45, 2.75) is 13.5 Å². The van der Waals surface area contributed by atoms with Gasteiger partial charge in [0.05, 0.1) is 11.8 Å². The molecular formula is C22H19FN2O2. The van der Waals surface area contributed by atoms with E-state index >= 15 is 0 Å². The van der Waals surface area contributed by atoms with Gasteiger partial charge in [0, 0.05) is 0 Å². The molecule has 0 spiro atoms. The van der Waals surface area contributed by atoms with Gasteiger partial charge in [-0.15, -0.1) is 0 Å². The Balaban J connectivity index is 1.52. The Hall–Kier alpha value is -3.47. The maximum Gasteiger partial charge on any atom is 0.274 e. The number of benzene rings is 3. The largest absolute Gasteiger partial charge is 0.489 e. The first-order valence-corrected chi connectivity index (χ1v) is 8.48. The third kappa shape index (κ3) is 5.25. The highest BCUT2D eigenvalue weighted by atomic mass is 19.1. The second-order valence-electron chi connectivity index (χ2n) is 6.02. The van der Waals surface area contributed by atoms with Crippen molar-refractivity contribution >= 4 is 12.1 Å². The SMILES string of the molecule is Cc1ccc(COc2ccc(/C=N\NC(=O)c3ccccc3F)cc2)cc1. The maximum absolute atomic E-state index is 13.5. The molecule has 1 N–H and O–H groups in total. The van der Waals surface area contributed by atoms with E-state index in [0.717, 1.165) is 16.9 Å². The van der Waals surface area contributed by atoms with Crippen LogP contribution in [0.3, 0.4) is 0 Å². The van der Waals surface area contributed by atoms with Crippen molar-refractivity contribution in [2.75, 3.05) is 0 Å². The molecule has 0 radical (unpaired) electrons.